The standard InChI is InChI=1S/C11H11FN2O5S/c1-2-5-3-14(10(20)13-8(5)18)9-6(16)7(17)11(12,4-15)19-9/h1,3,6-7,9,15-17H,4H2,(H,13,18,20)/t6-,7+,9-,11-/m1/s1/i4D2,9D. The van der Waals surface area contributed by atoms with Crippen LogP contribution in [0.2, 0.25) is 0 Å². The SMILES string of the molecule is [2H]C([2H])(O)[C@@]1(F)O[C@@]([2H])(n2cc(C#C)c(=O)[nH]c2=S)[C@H](O)[C@@H]1O. The van der Waals surface area contributed by atoms with Gasteiger partial charge in [0, 0.05) is 6.20 Å². The van der Waals surface area contributed by atoms with Gasteiger partial charge in [-0.15, -0.1) is 6.42 Å². The smallest absolute Gasteiger partial charge is 0.267 e. The Morgan fingerprint density at radius 1 is 1.80 bits per heavy atom. The van der Waals surface area contributed by atoms with Gasteiger partial charge < -0.3 is 20.1 Å². The van der Waals surface area contributed by atoms with Crippen LogP contribution >= 0.6 is 12.2 Å². The molecule has 1 aromatic rings. The van der Waals surface area contributed by atoms with E-state index in [0.29, 0.717) is 4.57 Å². The maximum Gasteiger partial charge on any atom is 0.267 e. The van der Waals surface area contributed by atoms with E-state index in [9.17, 15) is 24.5 Å². The van der Waals surface area contributed by atoms with Crippen LogP contribution in [0.25, 0.3) is 0 Å². The highest BCUT2D eigenvalue weighted by molar-refractivity contribution is 7.71. The molecule has 4 atom stereocenters. The van der Waals surface area contributed by atoms with E-state index < -0.39 is 41.2 Å². The summed E-state index contributed by atoms with van der Waals surface area (Å²) in [6, 6.07) is 0. The lowest BCUT2D eigenvalue weighted by atomic mass is 10.1. The van der Waals surface area contributed by atoms with Crippen molar-refractivity contribution in [3.05, 3.63) is 26.9 Å². The van der Waals surface area contributed by atoms with E-state index in [4.69, 9.17) is 22.8 Å². The molecular weight excluding hydrogens is 291 g/mol. The van der Waals surface area contributed by atoms with Crippen LogP contribution in [0.4, 0.5) is 4.39 Å². The molecule has 1 aliphatic rings. The molecular formula is C11H11FN2O5S. The highest BCUT2D eigenvalue weighted by Crippen LogP contribution is 2.37. The zero-order valence-corrected chi connectivity index (χ0v) is 10.5. The quantitative estimate of drug-likeness (QED) is 0.404. The molecule has 1 aliphatic heterocycles. The summed E-state index contributed by atoms with van der Waals surface area (Å²) in [5, 5.41) is 28.8. The number of halogens is 1. The topological polar surface area (TPSA) is 108 Å². The summed E-state index contributed by atoms with van der Waals surface area (Å²) in [6.45, 7) is -3.74. The van der Waals surface area contributed by atoms with Crippen LogP contribution in [0.3, 0.4) is 0 Å². The average Bonchev–Trinajstić information content (AvgIpc) is 2.61. The van der Waals surface area contributed by atoms with Gasteiger partial charge in [0.1, 0.15) is 24.3 Å². The third kappa shape index (κ3) is 2.17. The van der Waals surface area contributed by atoms with Gasteiger partial charge in [-0.1, -0.05) is 5.92 Å². The Hall–Kier alpha value is -1.57. The van der Waals surface area contributed by atoms with Crippen LogP contribution in [-0.2, 0) is 4.74 Å². The minimum absolute atomic E-state index is 0.334. The summed E-state index contributed by atoms with van der Waals surface area (Å²) in [4.78, 5) is 13.6. The molecule has 0 saturated carbocycles. The minimum Gasteiger partial charge on any atom is -0.390 e. The molecule has 0 bridgehead atoms. The van der Waals surface area contributed by atoms with E-state index in [0.717, 1.165) is 6.20 Å². The lowest BCUT2D eigenvalue weighted by Gasteiger charge is -2.20. The van der Waals surface area contributed by atoms with Crippen molar-refractivity contribution in [1.82, 2.24) is 9.55 Å². The van der Waals surface area contributed by atoms with Gasteiger partial charge in [0.05, 0.1) is 4.11 Å². The number of rotatable bonds is 2. The van der Waals surface area contributed by atoms with Crippen molar-refractivity contribution in [2.45, 2.75) is 24.3 Å². The zero-order valence-electron chi connectivity index (χ0n) is 12.7. The van der Waals surface area contributed by atoms with E-state index in [2.05, 4.69) is 9.72 Å². The van der Waals surface area contributed by atoms with Gasteiger partial charge in [-0.05, 0) is 12.2 Å². The molecule has 0 radical (unpaired) electrons. The lowest BCUT2D eigenvalue weighted by molar-refractivity contribution is -0.207. The summed E-state index contributed by atoms with van der Waals surface area (Å²) in [5.41, 5.74) is -1.12. The molecule has 9 heteroatoms. The van der Waals surface area contributed by atoms with Crippen LogP contribution in [0.15, 0.2) is 11.0 Å². The molecule has 4 N–H and O–H groups in total. The zero-order chi connectivity index (χ0) is 17.8. The number of nitrogens with one attached hydrogen (secondary N) is 1. The van der Waals surface area contributed by atoms with Crippen molar-refractivity contribution in [3.8, 4) is 12.3 Å². The highest BCUT2D eigenvalue weighted by atomic mass is 32.1. The summed E-state index contributed by atoms with van der Waals surface area (Å²) >= 11 is 4.78. The van der Waals surface area contributed by atoms with Gasteiger partial charge in [0.2, 0.25) is 0 Å². The number of nitrogens with zero attached hydrogens (tertiary/aromatic N) is 1. The number of alkyl halides is 1. The molecule has 1 fully saturated rings. The fraction of sp³-hybridized carbons (Fsp3) is 0.455. The van der Waals surface area contributed by atoms with Crippen molar-refractivity contribution in [2.24, 2.45) is 0 Å². The summed E-state index contributed by atoms with van der Waals surface area (Å²) in [5.74, 6) is -1.85. The Kier molecular flexibility index (Phi) is 2.83. The van der Waals surface area contributed by atoms with Crippen LogP contribution in [-0.4, -0.2) is 49.5 Å². The molecule has 108 valence electrons. The first-order chi connectivity index (χ1) is 10.4. The molecule has 20 heavy (non-hydrogen) atoms. The number of H-pyrrole nitrogens is 1. The number of hydrogen-bond acceptors (Lipinski definition) is 6. The molecule has 0 amide bonds. The van der Waals surface area contributed by atoms with Crippen molar-refractivity contribution >= 4 is 12.2 Å². The number of aromatic nitrogens is 2. The van der Waals surface area contributed by atoms with E-state index in [1.807, 2.05) is 5.92 Å². The summed E-state index contributed by atoms with van der Waals surface area (Å²) < 4.78 is 41.1. The Balaban J connectivity index is 2.67. The largest absolute Gasteiger partial charge is 0.390 e. The second kappa shape index (κ2) is 5.08. The van der Waals surface area contributed by atoms with Crippen molar-refractivity contribution in [3.63, 3.8) is 0 Å². The van der Waals surface area contributed by atoms with Gasteiger partial charge >= 0.3 is 0 Å². The molecule has 1 aromatic heterocycles. The van der Waals surface area contributed by atoms with Gasteiger partial charge in [0.25, 0.3) is 11.4 Å². The van der Waals surface area contributed by atoms with E-state index >= 15 is 0 Å². The second-order valence-corrected chi connectivity index (χ2v) is 4.29. The number of aromatic amines is 1. The molecule has 1 saturated heterocycles. The Labute approximate surface area is 121 Å². The predicted molar refractivity (Wildman–Crippen MR) is 66.9 cm³/mol. The van der Waals surface area contributed by atoms with Crippen LogP contribution in [0.1, 0.15) is 15.9 Å². The summed E-state index contributed by atoms with van der Waals surface area (Å²) in [7, 11) is 0. The van der Waals surface area contributed by atoms with Gasteiger partial charge in [-0.3, -0.25) is 14.3 Å². The lowest BCUT2D eigenvalue weighted by Crippen LogP contribution is -2.42. The maximum absolute atomic E-state index is 14.5. The number of aliphatic hydroxyl groups excluding tert-OH is 2. The normalized spacial score (nSPS) is 39.6. The maximum atomic E-state index is 14.5. The number of terminal acetylenes is 1. The molecule has 0 spiro atoms. The molecule has 2 rings (SSSR count). The molecule has 7 nitrogen and oxygen atoms in total. The van der Waals surface area contributed by atoms with Crippen molar-refractivity contribution in [2.75, 3.05) is 6.56 Å². The average molecular weight is 305 g/mol. The number of aliphatic hydroxyl groups is 3. The van der Waals surface area contributed by atoms with E-state index in [-0.39, 0.29) is 5.56 Å². The molecule has 2 heterocycles. The molecule has 0 unspecified atom stereocenters. The Bertz CT molecular complexity index is 803. The summed E-state index contributed by atoms with van der Waals surface area (Å²) in [6.07, 6.45) is -1.98. The van der Waals surface area contributed by atoms with Gasteiger partial charge in [0.15, 0.2) is 11.0 Å². The first-order valence-corrected chi connectivity index (χ1v) is 5.60. The fourth-order valence-electron chi connectivity index (χ4n) is 1.63. The fourth-order valence-corrected chi connectivity index (χ4v) is 1.86. The predicted octanol–water partition coefficient (Wildman–Crippen LogP) is -1.20. The number of ether oxygens (including phenoxy) is 1. The third-order valence-corrected chi connectivity index (χ3v) is 2.97. The van der Waals surface area contributed by atoms with Gasteiger partial charge in [-0.25, -0.2) is 4.39 Å². The highest BCUT2D eigenvalue weighted by Gasteiger charge is 2.55. The van der Waals surface area contributed by atoms with Gasteiger partial charge in [-0.2, -0.15) is 0 Å². The molecule has 0 aromatic carbocycles. The first-order valence-electron chi connectivity index (χ1n) is 6.69. The van der Waals surface area contributed by atoms with Crippen LogP contribution in [0, 0.1) is 17.1 Å². The van der Waals surface area contributed by atoms with Crippen molar-refractivity contribution in [1.29, 1.82) is 0 Å². The Morgan fingerprint density at radius 2 is 2.45 bits per heavy atom. The second-order valence-electron chi connectivity index (χ2n) is 3.90. The minimum atomic E-state index is -3.82. The van der Waals surface area contributed by atoms with Crippen LogP contribution < -0.4 is 5.56 Å². The number of hydrogen-bond donors (Lipinski definition) is 4. The van der Waals surface area contributed by atoms with E-state index in [1.165, 1.54) is 0 Å². The van der Waals surface area contributed by atoms with E-state index in [1.54, 1.807) is 0 Å². The third-order valence-electron chi connectivity index (χ3n) is 2.67. The van der Waals surface area contributed by atoms with Crippen LogP contribution in [0.5, 0.6) is 0 Å². The Morgan fingerprint density at radius 3 is 2.95 bits per heavy atom. The van der Waals surface area contributed by atoms with Crippen molar-refractivity contribution < 1.29 is 28.6 Å². The monoisotopic (exact) mass is 305 g/mol. The first kappa shape index (κ1) is 11.1. The molecule has 0 aliphatic carbocycles.